The summed E-state index contributed by atoms with van der Waals surface area (Å²) in [6.07, 6.45) is 0. The lowest BCUT2D eigenvalue weighted by atomic mass is 9.42. The first-order valence-electron chi connectivity index (χ1n) is 21.9. The number of para-hydroxylation sites is 3. The summed E-state index contributed by atoms with van der Waals surface area (Å²) in [6, 6.07) is 63.5. The van der Waals surface area contributed by atoms with E-state index in [9.17, 15) is 0 Å². The number of hydrogen-bond acceptors (Lipinski definition) is 3. The average Bonchev–Trinajstić information content (AvgIpc) is 3.67. The van der Waals surface area contributed by atoms with E-state index in [1.54, 1.807) is 0 Å². The van der Waals surface area contributed by atoms with Crippen LogP contribution in [0.3, 0.4) is 0 Å². The maximum atomic E-state index is 6.92. The van der Waals surface area contributed by atoms with Gasteiger partial charge in [-0.05, 0) is 135 Å². The van der Waals surface area contributed by atoms with E-state index in [1.165, 1.54) is 106 Å². The van der Waals surface area contributed by atoms with Gasteiger partial charge in [0.05, 0.1) is 11.4 Å². The van der Waals surface area contributed by atoms with Gasteiger partial charge in [0, 0.05) is 38.8 Å². The minimum atomic E-state index is -0.277. The number of fused-ring (bicyclic) bond motifs is 11. The maximum Gasteiger partial charge on any atom is 0.333 e. The Balaban J connectivity index is 1.20. The standard InChI is InChI=1S/C58H43BN2O/c1-34-29-35(2)53(36(3)30-34)40-32-45-44-31-39(37-15-7-6-8-16-37)26-27-48(44)61(50-23-13-20-43-42-19-11-12-24-52(42)62-57(43)50)59-47-22-14-21-46-56(47)60(51(33-40)55(45)59)49-28-25-38-17-9-10-18-41(38)54(49)58(46,4)5/h6-33H,1-5H3. The van der Waals surface area contributed by atoms with Crippen molar-refractivity contribution in [2.75, 3.05) is 9.71 Å². The number of furan rings is 1. The number of benzene rings is 9. The molecule has 3 aliphatic rings. The SMILES string of the molecule is Cc1cc(C)c(-c2cc3c4c(c2)N2c5ccc6ccccc6c5C(C)(C)c5cccc(c52)B4N(c2cccc4c2oc2ccccc24)c2ccc(-c4ccccc4)cc2-3)c(C)c1. The third-order valence-corrected chi connectivity index (χ3v) is 14.2. The van der Waals surface area contributed by atoms with Gasteiger partial charge in [-0.3, -0.25) is 0 Å². The van der Waals surface area contributed by atoms with Crippen LogP contribution in [0.4, 0.5) is 28.4 Å². The predicted octanol–water partition coefficient (Wildman–Crippen LogP) is 14.3. The number of nitrogens with zero attached hydrogens (tertiary/aromatic N) is 2. The molecule has 4 heteroatoms. The van der Waals surface area contributed by atoms with Crippen molar-refractivity contribution in [3.05, 3.63) is 198 Å². The Bertz CT molecular complexity index is 3540. The van der Waals surface area contributed by atoms with Crippen LogP contribution in [0.2, 0.25) is 0 Å². The molecule has 3 nitrogen and oxygen atoms in total. The van der Waals surface area contributed by atoms with E-state index in [4.69, 9.17) is 4.42 Å². The van der Waals surface area contributed by atoms with E-state index in [1.807, 2.05) is 0 Å². The number of aryl methyl sites for hydroxylation is 3. The molecule has 62 heavy (non-hydrogen) atoms. The van der Waals surface area contributed by atoms with E-state index < -0.39 is 0 Å². The Morgan fingerprint density at radius 2 is 1.23 bits per heavy atom. The fourth-order valence-corrected chi connectivity index (χ4v) is 11.8. The third kappa shape index (κ3) is 4.72. The molecule has 0 unspecified atom stereocenters. The Hall–Kier alpha value is -7.30. The van der Waals surface area contributed by atoms with Gasteiger partial charge in [-0.2, -0.15) is 0 Å². The van der Waals surface area contributed by atoms with Gasteiger partial charge in [-0.1, -0.05) is 147 Å². The highest BCUT2D eigenvalue weighted by Crippen LogP contribution is 2.57. The largest absolute Gasteiger partial charge is 0.454 e. The molecule has 1 aromatic heterocycles. The quantitative estimate of drug-likeness (QED) is 0.166. The highest BCUT2D eigenvalue weighted by molar-refractivity contribution is 6.94. The highest BCUT2D eigenvalue weighted by Gasteiger charge is 2.50. The van der Waals surface area contributed by atoms with Crippen molar-refractivity contribution in [3.63, 3.8) is 0 Å². The second-order valence-corrected chi connectivity index (χ2v) is 18.2. The third-order valence-electron chi connectivity index (χ3n) is 14.2. The monoisotopic (exact) mass is 794 g/mol. The maximum absolute atomic E-state index is 6.92. The second kappa shape index (κ2) is 12.6. The Morgan fingerprint density at radius 3 is 2.06 bits per heavy atom. The van der Waals surface area contributed by atoms with Crippen molar-refractivity contribution >= 4 is 78.9 Å². The summed E-state index contributed by atoms with van der Waals surface area (Å²) >= 11 is 0. The van der Waals surface area contributed by atoms with E-state index in [-0.39, 0.29) is 12.3 Å². The predicted molar refractivity (Wildman–Crippen MR) is 262 cm³/mol. The fourth-order valence-electron chi connectivity index (χ4n) is 11.8. The van der Waals surface area contributed by atoms with E-state index in [2.05, 4.69) is 214 Å². The summed E-state index contributed by atoms with van der Waals surface area (Å²) in [5, 5.41) is 4.83. The van der Waals surface area contributed by atoms with Gasteiger partial charge in [0.2, 0.25) is 0 Å². The molecule has 10 aromatic rings. The van der Waals surface area contributed by atoms with Crippen LogP contribution in [0.15, 0.2) is 174 Å². The molecule has 0 bridgehead atoms. The molecule has 0 fully saturated rings. The molecule has 294 valence electrons. The van der Waals surface area contributed by atoms with Crippen molar-refractivity contribution in [1.82, 2.24) is 0 Å². The molecule has 0 amide bonds. The summed E-state index contributed by atoms with van der Waals surface area (Å²) < 4.78 is 6.92. The molecule has 0 saturated carbocycles. The molecule has 4 heterocycles. The van der Waals surface area contributed by atoms with Gasteiger partial charge in [0.15, 0.2) is 5.58 Å². The topological polar surface area (TPSA) is 19.6 Å². The molecule has 9 aromatic carbocycles. The number of hydrogen-bond donors (Lipinski definition) is 0. The van der Waals surface area contributed by atoms with Crippen molar-refractivity contribution in [2.24, 2.45) is 0 Å². The van der Waals surface area contributed by atoms with E-state index >= 15 is 0 Å². The molecule has 0 aliphatic carbocycles. The van der Waals surface area contributed by atoms with Crippen LogP contribution in [-0.2, 0) is 5.41 Å². The van der Waals surface area contributed by atoms with E-state index in [0.29, 0.717) is 0 Å². The summed E-state index contributed by atoms with van der Waals surface area (Å²) in [5.41, 5.74) is 24.1. The van der Waals surface area contributed by atoms with Gasteiger partial charge in [0.1, 0.15) is 5.58 Å². The van der Waals surface area contributed by atoms with Crippen LogP contribution in [0.25, 0.3) is 66.1 Å². The Morgan fingerprint density at radius 1 is 0.516 bits per heavy atom. The molecule has 0 spiro atoms. The smallest absolute Gasteiger partial charge is 0.333 e. The molecule has 0 atom stereocenters. The first-order valence-corrected chi connectivity index (χ1v) is 21.9. The Labute approximate surface area is 362 Å². The highest BCUT2D eigenvalue weighted by atomic mass is 16.3. The molecular weight excluding hydrogens is 751 g/mol. The van der Waals surface area contributed by atoms with Crippen molar-refractivity contribution < 1.29 is 4.42 Å². The minimum Gasteiger partial charge on any atom is -0.454 e. The Kier molecular flexibility index (Phi) is 7.22. The molecule has 0 saturated heterocycles. The second-order valence-electron chi connectivity index (χ2n) is 18.2. The molecule has 3 aliphatic heterocycles. The summed E-state index contributed by atoms with van der Waals surface area (Å²) in [5.74, 6) is 0. The molecule has 0 radical (unpaired) electrons. The lowest BCUT2D eigenvalue weighted by molar-refractivity contribution is 0.638. The van der Waals surface area contributed by atoms with Crippen LogP contribution >= 0.6 is 0 Å². The first kappa shape index (κ1) is 35.5. The van der Waals surface area contributed by atoms with Crippen LogP contribution < -0.4 is 20.6 Å². The zero-order valence-corrected chi connectivity index (χ0v) is 35.5. The fraction of sp³-hybridized carbons (Fsp3) is 0.103. The van der Waals surface area contributed by atoms with E-state index in [0.717, 1.165) is 27.6 Å². The molecule has 13 rings (SSSR count). The normalized spacial score (nSPS) is 14.2. The molecule has 0 N–H and O–H groups in total. The van der Waals surface area contributed by atoms with Gasteiger partial charge >= 0.3 is 6.85 Å². The zero-order chi connectivity index (χ0) is 41.6. The van der Waals surface area contributed by atoms with Crippen molar-refractivity contribution in [2.45, 2.75) is 40.0 Å². The summed E-state index contributed by atoms with van der Waals surface area (Å²) in [7, 11) is 0. The summed E-state index contributed by atoms with van der Waals surface area (Å²) in [4.78, 5) is 5.25. The minimum absolute atomic E-state index is 0.146. The number of rotatable bonds is 3. The van der Waals surface area contributed by atoms with Crippen LogP contribution in [0.5, 0.6) is 0 Å². The van der Waals surface area contributed by atoms with Crippen molar-refractivity contribution in [3.8, 4) is 33.4 Å². The van der Waals surface area contributed by atoms with Crippen molar-refractivity contribution in [1.29, 1.82) is 0 Å². The average molecular weight is 795 g/mol. The van der Waals surface area contributed by atoms with Crippen LogP contribution in [-0.4, -0.2) is 6.85 Å². The summed E-state index contributed by atoms with van der Waals surface area (Å²) in [6.45, 7) is 11.5. The van der Waals surface area contributed by atoms with Gasteiger partial charge in [-0.25, -0.2) is 0 Å². The van der Waals surface area contributed by atoms with Gasteiger partial charge < -0.3 is 14.1 Å². The van der Waals surface area contributed by atoms with Gasteiger partial charge in [-0.15, -0.1) is 0 Å². The molecular formula is C58H43BN2O. The van der Waals surface area contributed by atoms with Gasteiger partial charge in [0.25, 0.3) is 0 Å². The lowest BCUT2D eigenvalue weighted by Gasteiger charge is -2.50. The van der Waals surface area contributed by atoms with Crippen LogP contribution in [0.1, 0.15) is 41.7 Å². The first-order chi connectivity index (χ1) is 30.3. The number of anilines is 5. The van der Waals surface area contributed by atoms with Crippen LogP contribution in [0, 0.1) is 20.8 Å². The zero-order valence-electron chi connectivity index (χ0n) is 35.5. The lowest BCUT2D eigenvalue weighted by Crippen LogP contribution is -2.62.